The quantitative estimate of drug-likeness (QED) is 0.726. The van der Waals surface area contributed by atoms with E-state index in [0.717, 1.165) is 21.6 Å². The predicted molar refractivity (Wildman–Crippen MR) is 80.2 cm³/mol. The number of nitrogens with one attached hydrogen (secondary N) is 1. The summed E-state index contributed by atoms with van der Waals surface area (Å²) in [6.07, 6.45) is 3.68. The van der Waals surface area contributed by atoms with Gasteiger partial charge in [0.25, 0.3) is 0 Å². The van der Waals surface area contributed by atoms with E-state index in [1.807, 2.05) is 43.5 Å². The molecule has 94 valence electrons. The van der Waals surface area contributed by atoms with Crippen molar-refractivity contribution >= 4 is 28.5 Å². The number of fused-ring (bicyclic) bond motifs is 1. The zero-order valence-electron chi connectivity index (χ0n) is 10.5. The number of rotatable bonds is 3. The first-order valence-corrected chi connectivity index (χ1v) is 6.84. The minimum atomic E-state index is 0.950. The summed E-state index contributed by atoms with van der Waals surface area (Å²) in [7, 11) is 0. The van der Waals surface area contributed by atoms with Crippen LogP contribution < -0.4 is 4.72 Å². The highest BCUT2D eigenvalue weighted by molar-refractivity contribution is 8.00. The van der Waals surface area contributed by atoms with Crippen molar-refractivity contribution in [3.8, 4) is 0 Å². The van der Waals surface area contributed by atoms with Crippen LogP contribution in [0.15, 0.2) is 59.9 Å². The van der Waals surface area contributed by atoms with Gasteiger partial charge in [0.15, 0.2) is 0 Å². The first kappa shape index (κ1) is 12.0. The summed E-state index contributed by atoms with van der Waals surface area (Å²) in [6, 6.07) is 14.1. The monoisotopic (exact) mass is 267 g/mol. The van der Waals surface area contributed by atoms with Crippen molar-refractivity contribution in [1.29, 1.82) is 0 Å². The lowest BCUT2D eigenvalue weighted by atomic mass is 10.2. The third-order valence-corrected chi connectivity index (χ3v) is 3.57. The summed E-state index contributed by atoms with van der Waals surface area (Å²) >= 11 is 1.51. The number of hydrogen-bond acceptors (Lipinski definition) is 4. The van der Waals surface area contributed by atoms with E-state index in [2.05, 4.69) is 26.8 Å². The highest BCUT2D eigenvalue weighted by Gasteiger charge is 2.01. The number of nitrogens with zero attached hydrogens (tertiary/aromatic N) is 2. The first-order valence-electron chi connectivity index (χ1n) is 6.02. The SMILES string of the molecule is Cc1ccc(SNc2cccc3ncccc23)nc1. The van der Waals surface area contributed by atoms with Crippen molar-refractivity contribution in [3.63, 3.8) is 0 Å². The number of benzene rings is 1. The number of hydrogen-bond donors (Lipinski definition) is 1. The van der Waals surface area contributed by atoms with Crippen LogP contribution in [0.1, 0.15) is 5.56 Å². The van der Waals surface area contributed by atoms with Gasteiger partial charge >= 0.3 is 0 Å². The molecular formula is C15H13N3S. The fourth-order valence-electron chi connectivity index (χ4n) is 1.81. The molecular weight excluding hydrogens is 254 g/mol. The topological polar surface area (TPSA) is 37.8 Å². The van der Waals surface area contributed by atoms with Gasteiger partial charge in [-0.3, -0.25) is 4.98 Å². The lowest BCUT2D eigenvalue weighted by molar-refractivity contribution is 1.11. The van der Waals surface area contributed by atoms with E-state index in [9.17, 15) is 0 Å². The molecule has 4 heteroatoms. The van der Waals surface area contributed by atoms with Crippen molar-refractivity contribution < 1.29 is 0 Å². The largest absolute Gasteiger partial charge is 0.324 e. The average Bonchev–Trinajstić information content (AvgIpc) is 2.47. The second-order valence-electron chi connectivity index (χ2n) is 4.25. The summed E-state index contributed by atoms with van der Waals surface area (Å²) < 4.78 is 3.34. The summed E-state index contributed by atoms with van der Waals surface area (Å²) in [5.41, 5.74) is 3.21. The molecule has 0 radical (unpaired) electrons. The molecule has 3 nitrogen and oxygen atoms in total. The summed E-state index contributed by atoms with van der Waals surface area (Å²) in [6.45, 7) is 2.03. The van der Waals surface area contributed by atoms with Crippen LogP contribution in [0.2, 0.25) is 0 Å². The summed E-state index contributed by atoms with van der Waals surface area (Å²) in [5.74, 6) is 0. The molecule has 0 aliphatic rings. The number of aryl methyl sites for hydroxylation is 1. The van der Waals surface area contributed by atoms with Gasteiger partial charge in [0.1, 0.15) is 5.03 Å². The molecule has 0 bridgehead atoms. The number of aromatic nitrogens is 2. The lowest BCUT2D eigenvalue weighted by Gasteiger charge is -2.07. The highest BCUT2D eigenvalue weighted by Crippen LogP contribution is 2.26. The number of pyridine rings is 2. The van der Waals surface area contributed by atoms with Crippen LogP contribution in [-0.4, -0.2) is 9.97 Å². The van der Waals surface area contributed by atoms with Crippen molar-refractivity contribution in [3.05, 3.63) is 60.4 Å². The maximum atomic E-state index is 4.36. The van der Waals surface area contributed by atoms with Crippen LogP contribution in [0.25, 0.3) is 10.9 Å². The Kier molecular flexibility index (Phi) is 3.33. The second kappa shape index (κ2) is 5.28. The minimum absolute atomic E-state index is 0.950. The van der Waals surface area contributed by atoms with Crippen molar-refractivity contribution in [2.75, 3.05) is 4.72 Å². The summed E-state index contributed by atoms with van der Waals surface area (Å²) in [5, 5.41) is 2.07. The Balaban J connectivity index is 1.84. The molecule has 0 aliphatic heterocycles. The Morgan fingerprint density at radius 2 is 1.95 bits per heavy atom. The fourth-order valence-corrected chi connectivity index (χ4v) is 2.45. The van der Waals surface area contributed by atoms with Crippen LogP contribution >= 0.6 is 11.9 Å². The predicted octanol–water partition coefficient (Wildman–Crippen LogP) is 4.06. The molecule has 0 saturated heterocycles. The highest BCUT2D eigenvalue weighted by atomic mass is 32.2. The molecule has 2 aromatic heterocycles. The van der Waals surface area contributed by atoms with E-state index < -0.39 is 0 Å². The van der Waals surface area contributed by atoms with E-state index >= 15 is 0 Å². The molecule has 0 saturated carbocycles. The molecule has 1 N–H and O–H groups in total. The maximum Gasteiger partial charge on any atom is 0.117 e. The molecule has 19 heavy (non-hydrogen) atoms. The van der Waals surface area contributed by atoms with Gasteiger partial charge in [-0.15, -0.1) is 0 Å². The third-order valence-electron chi connectivity index (χ3n) is 2.80. The fraction of sp³-hybridized carbons (Fsp3) is 0.0667. The van der Waals surface area contributed by atoms with Gasteiger partial charge in [0.2, 0.25) is 0 Å². The van der Waals surface area contributed by atoms with Gasteiger partial charge in [0, 0.05) is 29.7 Å². The zero-order valence-corrected chi connectivity index (χ0v) is 11.3. The van der Waals surface area contributed by atoms with Gasteiger partial charge in [-0.05, 0) is 42.8 Å². The van der Waals surface area contributed by atoms with Crippen LogP contribution in [0.4, 0.5) is 5.69 Å². The molecule has 0 fully saturated rings. The molecule has 3 aromatic rings. The Morgan fingerprint density at radius 3 is 2.79 bits per heavy atom. The third kappa shape index (κ3) is 2.69. The molecule has 0 spiro atoms. The first-order chi connectivity index (χ1) is 9.33. The van der Waals surface area contributed by atoms with Gasteiger partial charge in [-0.1, -0.05) is 12.1 Å². The van der Waals surface area contributed by atoms with Crippen molar-refractivity contribution in [2.24, 2.45) is 0 Å². The molecule has 0 aliphatic carbocycles. The minimum Gasteiger partial charge on any atom is -0.324 e. The van der Waals surface area contributed by atoms with Gasteiger partial charge in [-0.2, -0.15) is 0 Å². The molecule has 1 aromatic carbocycles. The maximum absolute atomic E-state index is 4.36. The van der Waals surface area contributed by atoms with Gasteiger partial charge in [-0.25, -0.2) is 4.98 Å². The normalized spacial score (nSPS) is 10.6. The Hall–Kier alpha value is -2.07. The number of anilines is 1. The lowest BCUT2D eigenvalue weighted by Crippen LogP contribution is -1.90. The van der Waals surface area contributed by atoms with E-state index in [0.29, 0.717) is 0 Å². The van der Waals surface area contributed by atoms with Crippen LogP contribution in [-0.2, 0) is 0 Å². The van der Waals surface area contributed by atoms with Gasteiger partial charge in [0.05, 0.1) is 11.2 Å². The van der Waals surface area contributed by atoms with Crippen molar-refractivity contribution in [2.45, 2.75) is 11.9 Å². The zero-order chi connectivity index (χ0) is 13.1. The van der Waals surface area contributed by atoms with Crippen LogP contribution in [0.5, 0.6) is 0 Å². The molecule has 0 atom stereocenters. The van der Waals surface area contributed by atoms with E-state index in [-0.39, 0.29) is 0 Å². The molecule has 3 rings (SSSR count). The Bertz CT molecular complexity index is 690. The van der Waals surface area contributed by atoms with Crippen LogP contribution in [0, 0.1) is 6.92 Å². The van der Waals surface area contributed by atoms with Crippen molar-refractivity contribution in [1.82, 2.24) is 9.97 Å². The molecule has 0 unspecified atom stereocenters. The Morgan fingerprint density at radius 1 is 1.00 bits per heavy atom. The molecule has 0 amide bonds. The smallest absolute Gasteiger partial charge is 0.117 e. The van der Waals surface area contributed by atoms with E-state index in [1.165, 1.54) is 17.5 Å². The average molecular weight is 267 g/mol. The van der Waals surface area contributed by atoms with Crippen LogP contribution in [0.3, 0.4) is 0 Å². The summed E-state index contributed by atoms with van der Waals surface area (Å²) in [4.78, 5) is 8.70. The molecule has 2 heterocycles. The van der Waals surface area contributed by atoms with Gasteiger partial charge < -0.3 is 4.72 Å². The van der Waals surface area contributed by atoms with E-state index in [1.54, 1.807) is 6.20 Å². The Labute approximate surface area is 116 Å². The van der Waals surface area contributed by atoms with E-state index in [4.69, 9.17) is 0 Å². The standard InChI is InChI=1S/C15H13N3S/c1-11-7-8-15(17-10-11)19-18-14-6-2-5-13-12(14)4-3-9-16-13/h2-10,18H,1H3. The second-order valence-corrected chi connectivity index (χ2v) is 5.08.